The van der Waals surface area contributed by atoms with Gasteiger partial charge in [-0.3, -0.25) is 4.79 Å². The second-order valence-electron chi connectivity index (χ2n) is 5.29. The van der Waals surface area contributed by atoms with Crippen molar-refractivity contribution in [1.29, 1.82) is 0 Å². The summed E-state index contributed by atoms with van der Waals surface area (Å²) in [6.45, 7) is 3.69. The number of carbonyl (C=O) groups is 2. The Hall–Kier alpha value is -2.53. The zero-order chi connectivity index (χ0) is 17.7. The number of benzene rings is 2. The van der Waals surface area contributed by atoms with E-state index in [1.54, 1.807) is 0 Å². The Bertz CT molecular complexity index is 774. The lowest BCUT2D eigenvalue weighted by atomic mass is 10.1. The van der Waals surface area contributed by atoms with Gasteiger partial charge >= 0.3 is 5.97 Å². The van der Waals surface area contributed by atoms with Gasteiger partial charge < -0.3 is 14.8 Å². The lowest BCUT2D eigenvalue weighted by Gasteiger charge is -2.11. The summed E-state index contributed by atoms with van der Waals surface area (Å²) in [5, 5.41) is 2.95. The van der Waals surface area contributed by atoms with Crippen LogP contribution < -0.4 is 10.1 Å². The lowest BCUT2D eigenvalue weighted by Crippen LogP contribution is -2.21. The number of methoxy groups -OCH3 is 1. The van der Waals surface area contributed by atoms with Crippen LogP contribution in [0, 0.1) is 13.8 Å². The van der Waals surface area contributed by atoms with Gasteiger partial charge in [-0.2, -0.15) is 0 Å². The third-order valence-electron chi connectivity index (χ3n) is 3.36. The Morgan fingerprint density at radius 2 is 1.88 bits per heavy atom. The summed E-state index contributed by atoms with van der Waals surface area (Å²) in [5.41, 5.74) is 2.62. The number of amides is 1. The number of anilines is 1. The topological polar surface area (TPSA) is 64.6 Å². The van der Waals surface area contributed by atoms with Crippen molar-refractivity contribution in [1.82, 2.24) is 0 Å². The van der Waals surface area contributed by atoms with Gasteiger partial charge in [-0.15, -0.1) is 0 Å². The molecule has 24 heavy (non-hydrogen) atoms. The summed E-state index contributed by atoms with van der Waals surface area (Å²) >= 11 is 6.04. The zero-order valence-electron chi connectivity index (χ0n) is 13.7. The first kappa shape index (κ1) is 17.8. The fourth-order valence-corrected chi connectivity index (χ4v) is 2.22. The van der Waals surface area contributed by atoms with Crippen molar-refractivity contribution in [3.05, 3.63) is 58.1 Å². The highest BCUT2D eigenvalue weighted by molar-refractivity contribution is 6.33. The minimum Gasteiger partial charge on any atom is -0.483 e. The summed E-state index contributed by atoms with van der Waals surface area (Å²) in [6, 6.07) is 10.3. The van der Waals surface area contributed by atoms with Crippen LogP contribution in [0.1, 0.15) is 21.5 Å². The van der Waals surface area contributed by atoms with Crippen LogP contribution in [0.25, 0.3) is 0 Å². The summed E-state index contributed by atoms with van der Waals surface area (Å²) in [7, 11) is 1.28. The number of nitrogens with one attached hydrogen (secondary N) is 1. The molecule has 0 radical (unpaired) electrons. The largest absolute Gasteiger partial charge is 0.483 e. The van der Waals surface area contributed by atoms with E-state index in [0.717, 1.165) is 11.1 Å². The number of rotatable bonds is 5. The molecular weight excluding hydrogens is 330 g/mol. The number of hydrogen-bond acceptors (Lipinski definition) is 4. The van der Waals surface area contributed by atoms with Gasteiger partial charge in [-0.05, 0) is 49.2 Å². The van der Waals surface area contributed by atoms with Crippen LogP contribution in [0.15, 0.2) is 36.4 Å². The van der Waals surface area contributed by atoms with Gasteiger partial charge in [-0.25, -0.2) is 4.79 Å². The molecule has 0 saturated carbocycles. The van der Waals surface area contributed by atoms with E-state index in [9.17, 15) is 9.59 Å². The van der Waals surface area contributed by atoms with E-state index in [4.69, 9.17) is 16.3 Å². The van der Waals surface area contributed by atoms with Crippen molar-refractivity contribution >= 4 is 29.2 Å². The van der Waals surface area contributed by atoms with Crippen LogP contribution in [0.2, 0.25) is 5.02 Å². The Balaban J connectivity index is 2.04. The van der Waals surface area contributed by atoms with Crippen molar-refractivity contribution in [2.75, 3.05) is 19.0 Å². The highest BCUT2D eigenvalue weighted by Crippen LogP contribution is 2.24. The van der Waals surface area contributed by atoms with Crippen LogP contribution in [0.5, 0.6) is 5.75 Å². The first-order chi connectivity index (χ1) is 11.4. The van der Waals surface area contributed by atoms with Gasteiger partial charge in [-0.1, -0.05) is 23.7 Å². The molecule has 1 amide bonds. The molecule has 1 N–H and O–H groups in total. The molecular formula is C18H18ClNO4. The van der Waals surface area contributed by atoms with Crippen LogP contribution >= 0.6 is 11.6 Å². The van der Waals surface area contributed by atoms with Gasteiger partial charge in [0, 0.05) is 0 Å². The number of ether oxygens (including phenoxy) is 2. The molecule has 0 atom stereocenters. The Morgan fingerprint density at radius 3 is 2.58 bits per heavy atom. The molecule has 0 aromatic heterocycles. The van der Waals surface area contributed by atoms with Crippen molar-refractivity contribution < 1.29 is 19.1 Å². The molecule has 0 heterocycles. The molecule has 0 saturated heterocycles. The SMILES string of the molecule is COC(=O)c1ccc(Cl)c(NC(=O)COc2cc(C)ccc2C)c1. The van der Waals surface area contributed by atoms with Crippen LogP contribution in [-0.4, -0.2) is 25.6 Å². The average molecular weight is 348 g/mol. The van der Waals surface area contributed by atoms with E-state index in [-0.39, 0.29) is 12.5 Å². The number of carbonyl (C=O) groups excluding carboxylic acids is 2. The maximum Gasteiger partial charge on any atom is 0.337 e. The number of esters is 1. The minimum atomic E-state index is -0.506. The quantitative estimate of drug-likeness (QED) is 0.836. The molecule has 2 rings (SSSR count). The van der Waals surface area contributed by atoms with E-state index >= 15 is 0 Å². The van der Waals surface area contributed by atoms with Crippen molar-refractivity contribution in [2.24, 2.45) is 0 Å². The molecule has 2 aromatic rings. The van der Waals surface area contributed by atoms with Crippen LogP contribution in [0.3, 0.4) is 0 Å². The molecule has 0 aliphatic carbocycles. The summed E-state index contributed by atoms with van der Waals surface area (Å²) < 4.78 is 10.2. The molecule has 126 valence electrons. The summed E-state index contributed by atoms with van der Waals surface area (Å²) in [5.74, 6) is -0.229. The third kappa shape index (κ3) is 4.49. The zero-order valence-corrected chi connectivity index (χ0v) is 14.4. The van der Waals surface area contributed by atoms with E-state index in [1.807, 2.05) is 32.0 Å². The van der Waals surface area contributed by atoms with E-state index in [1.165, 1.54) is 25.3 Å². The second-order valence-corrected chi connectivity index (χ2v) is 5.70. The number of aryl methyl sites for hydroxylation is 2. The molecule has 0 aliphatic rings. The molecule has 0 aliphatic heterocycles. The van der Waals surface area contributed by atoms with E-state index in [0.29, 0.717) is 22.0 Å². The molecule has 2 aromatic carbocycles. The van der Waals surface area contributed by atoms with Crippen molar-refractivity contribution in [3.63, 3.8) is 0 Å². The fraction of sp³-hybridized carbons (Fsp3) is 0.222. The van der Waals surface area contributed by atoms with Gasteiger partial charge in [0.25, 0.3) is 5.91 Å². The average Bonchev–Trinajstić information content (AvgIpc) is 2.57. The van der Waals surface area contributed by atoms with Gasteiger partial charge in [0.1, 0.15) is 5.75 Å². The molecule has 5 nitrogen and oxygen atoms in total. The molecule has 0 bridgehead atoms. The van der Waals surface area contributed by atoms with E-state index < -0.39 is 5.97 Å². The summed E-state index contributed by atoms with van der Waals surface area (Å²) in [4.78, 5) is 23.6. The Morgan fingerprint density at radius 1 is 1.12 bits per heavy atom. The van der Waals surface area contributed by atoms with Gasteiger partial charge in [0.05, 0.1) is 23.4 Å². The third-order valence-corrected chi connectivity index (χ3v) is 3.69. The first-order valence-electron chi connectivity index (χ1n) is 7.28. The highest BCUT2D eigenvalue weighted by atomic mass is 35.5. The minimum absolute atomic E-state index is 0.164. The van der Waals surface area contributed by atoms with Crippen LogP contribution in [-0.2, 0) is 9.53 Å². The second kappa shape index (κ2) is 7.84. The lowest BCUT2D eigenvalue weighted by molar-refractivity contribution is -0.118. The maximum absolute atomic E-state index is 12.1. The smallest absolute Gasteiger partial charge is 0.337 e. The predicted octanol–water partition coefficient (Wildman–Crippen LogP) is 3.76. The summed E-state index contributed by atoms with van der Waals surface area (Å²) in [6.07, 6.45) is 0. The highest BCUT2D eigenvalue weighted by Gasteiger charge is 2.12. The van der Waals surface area contributed by atoms with Gasteiger partial charge in [0.15, 0.2) is 6.61 Å². The number of halogens is 1. The van der Waals surface area contributed by atoms with Crippen molar-refractivity contribution in [3.8, 4) is 5.75 Å². The monoisotopic (exact) mass is 347 g/mol. The Labute approximate surface area is 145 Å². The molecule has 0 unspecified atom stereocenters. The Kier molecular flexibility index (Phi) is 5.82. The predicted molar refractivity (Wildman–Crippen MR) is 92.8 cm³/mol. The first-order valence-corrected chi connectivity index (χ1v) is 7.66. The molecule has 6 heteroatoms. The van der Waals surface area contributed by atoms with Crippen LogP contribution in [0.4, 0.5) is 5.69 Å². The van der Waals surface area contributed by atoms with E-state index in [2.05, 4.69) is 10.1 Å². The normalized spacial score (nSPS) is 10.2. The molecule has 0 fully saturated rings. The number of hydrogen-bond donors (Lipinski definition) is 1. The van der Waals surface area contributed by atoms with Crippen molar-refractivity contribution in [2.45, 2.75) is 13.8 Å². The standard InChI is InChI=1S/C18H18ClNO4/c1-11-4-5-12(2)16(8-11)24-10-17(21)20-15-9-13(18(22)23-3)6-7-14(15)19/h4-9H,10H2,1-3H3,(H,20,21). The fourth-order valence-electron chi connectivity index (χ4n) is 2.06. The maximum atomic E-state index is 12.1. The van der Waals surface area contributed by atoms with Gasteiger partial charge in [0.2, 0.25) is 0 Å². The molecule has 0 spiro atoms.